The first kappa shape index (κ1) is 15.0. The topological polar surface area (TPSA) is 41.1 Å². The van der Waals surface area contributed by atoms with Crippen molar-refractivity contribution in [2.24, 2.45) is 0 Å². The number of amides is 1. The molecule has 0 unspecified atom stereocenters. The largest absolute Gasteiger partial charge is 0.382 e. The summed E-state index contributed by atoms with van der Waals surface area (Å²) in [7, 11) is 0. The van der Waals surface area contributed by atoms with Gasteiger partial charge in [0.15, 0.2) is 0 Å². The lowest BCUT2D eigenvalue weighted by molar-refractivity contribution is 0.102. The summed E-state index contributed by atoms with van der Waals surface area (Å²) in [6.07, 6.45) is 0. The molecule has 0 bridgehead atoms. The molecule has 0 aromatic heterocycles. The Morgan fingerprint density at radius 3 is 2.48 bits per heavy atom. The maximum absolute atomic E-state index is 13.6. The van der Waals surface area contributed by atoms with Crippen molar-refractivity contribution in [2.45, 2.75) is 19.9 Å². The summed E-state index contributed by atoms with van der Waals surface area (Å²) in [5.41, 5.74) is 0.830. The number of anilines is 2. The molecule has 0 saturated carbocycles. The minimum absolute atomic E-state index is 0.143. The number of benzene rings is 2. The molecule has 0 aliphatic rings. The van der Waals surface area contributed by atoms with Crippen molar-refractivity contribution >= 4 is 17.3 Å². The quantitative estimate of drug-likeness (QED) is 0.892. The smallest absolute Gasteiger partial charge is 0.257 e. The molecule has 0 spiro atoms. The third-order valence-electron chi connectivity index (χ3n) is 2.79. The van der Waals surface area contributed by atoms with Crippen LogP contribution in [-0.2, 0) is 0 Å². The second kappa shape index (κ2) is 6.35. The Balaban J connectivity index is 2.26. The van der Waals surface area contributed by atoms with Crippen LogP contribution in [0.4, 0.5) is 20.2 Å². The minimum Gasteiger partial charge on any atom is -0.382 e. The molecule has 0 saturated heterocycles. The molecule has 5 heteroatoms. The van der Waals surface area contributed by atoms with Gasteiger partial charge in [0.2, 0.25) is 0 Å². The lowest BCUT2D eigenvalue weighted by atomic mass is 10.1. The minimum atomic E-state index is -0.681. The van der Waals surface area contributed by atoms with Gasteiger partial charge in [-0.2, -0.15) is 0 Å². The van der Waals surface area contributed by atoms with E-state index in [9.17, 15) is 13.6 Å². The Morgan fingerprint density at radius 2 is 1.76 bits per heavy atom. The van der Waals surface area contributed by atoms with E-state index < -0.39 is 17.5 Å². The van der Waals surface area contributed by atoms with Gasteiger partial charge >= 0.3 is 0 Å². The van der Waals surface area contributed by atoms with Crippen molar-refractivity contribution < 1.29 is 13.6 Å². The van der Waals surface area contributed by atoms with E-state index in [1.165, 1.54) is 0 Å². The molecule has 0 aliphatic carbocycles. The highest BCUT2D eigenvalue weighted by Crippen LogP contribution is 2.20. The van der Waals surface area contributed by atoms with Gasteiger partial charge in [-0.05, 0) is 38.1 Å². The molecule has 0 heterocycles. The van der Waals surface area contributed by atoms with Gasteiger partial charge in [-0.25, -0.2) is 8.78 Å². The van der Waals surface area contributed by atoms with Crippen molar-refractivity contribution in [3.8, 4) is 0 Å². The number of carbonyl (C=O) groups excluding carboxylic acids is 1. The Kier molecular flexibility index (Phi) is 4.52. The Hall–Kier alpha value is -2.43. The normalized spacial score (nSPS) is 10.5. The van der Waals surface area contributed by atoms with Crippen LogP contribution in [0.5, 0.6) is 0 Å². The zero-order valence-electron chi connectivity index (χ0n) is 11.8. The van der Waals surface area contributed by atoms with Crippen LogP contribution in [0.3, 0.4) is 0 Å². The summed E-state index contributed by atoms with van der Waals surface area (Å²) in [6, 6.07) is 9.96. The zero-order valence-corrected chi connectivity index (χ0v) is 11.8. The van der Waals surface area contributed by atoms with Crippen molar-refractivity contribution in [1.82, 2.24) is 0 Å². The van der Waals surface area contributed by atoms with Crippen LogP contribution in [0.2, 0.25) is 0 Å². The van der Waals surface area contributed by atoms with E-state index in [0.717, 1.165) is 18.2 Å². The van der Waals surface area contributed by atoms with Crippen LogP contribution in [0.15, 0.2) is 42.5 Å². The Bertz CT molecular complexity index is 656. The summed E-state index contributed by atoms with van der Waals surface area (Å²) >= 11 is 0. The van der Waals surface area contributed by atoms with Gasteiger partial charge in [0, 0.05) is 17.8 Å². The van der Waals surface area contributed by atoms with Crippen LogP contribution in [-0.4, -0.2) is 11.9 Å². The number of hydrogen-bond acceptors (Lipinski definition) is 2. The molecular formula is C16H16F2N2O. The van der Waals surface area contributed by atoms with E-state index in [1.54, 1.807) is 24.3 Å². The predicted molar refractivity (Wildman–Crippen MR) is 79.5 cm³/mol. The van der Waals surface area contributed by atoms with E-state index in [2.05, 4.69) is 10.6 Å². The molecular weight excluding hydrogens is 274 g/mol. The van der Waals surface area contributed by atoms with Crippen molar-refractivity contribution in [3.05, 3.63) is 59.7 Å². The van der Waals surface area contributed by atoms with Crippen molar-refractivity contribution in [1.29, 1.82) is 0 Å². The summed E-state index contributed by atoms with van der Waals surface area (Å²) in [6.45, 7) is 3.89. The summed E-state index contributed by atoms with van der Waals surface area (Å²) in [5.74, 6) is -1.79. The van der Waals surface area contributed by atoms with Crippen LogP contribution < -0.4 is 10.6 Å². The second-order valence-electron chi connectivity index (χ2n) is 4.92. The van der Waals surface area contributed by atoms with Gasteiger partial charge < -0.3 is 10.6 Å². The number of nitrogens with one attached hydrogen (secondary N) is 2. The maximum atomic E-state index is 13.6. The molecule has 0 fully saturated rings. The summed E-state index contributed by atoms with van der Waals surface area (Å²) in [5, 5.41) is 5.52. The molecule has 0 radical (unpaired) electrons. The first-order chi connectivity index (χ1) is 9.97. The van der Waals surface area contributed by atoms with Gasteiger partial charge in [-0.3, -0.25) is 4.79 Å². The molecule has 2 aromatic carbocycles. The molecule has 3 nitrogen and oxygen atoms in total. The molecule has 0 aliphatic heterocycles. The van der Waals surface area contributed by atoms with Crippen molar-refractivity contribution in [2.75, 3.05) is 10.6 Å². The van der Waals surface area contributed by atoms with E-state index in [-0.39, 0.29) is 11.7 Å². The number of para-hydroxylation sites is 1. The van der Waals surface area contributed by atoms with Crippen LogP contribution in [0, 0.1) is 11.6 Å². The summed E-state index contributed by atoms with van der Waals surface area (Å²) < 4.78 is 26.7. The average Bonchev–Trinajstić information content (AvgIpc) is 2.42. The average molecular weight is 290 g/mol. The van der Waals surface area contributed by atoms with Gasteiger partial charge in [-0.1, -0.05) is 12.1 Å². The fraction of sp³-hybridized carbons (Fsp3) is 0.188. The zero-order chi connectivity index (χ0) is 15.4. The molecule has 2 aromatic rings. The Labute approximate surface area is 122 Å². The third-order valence-corrected chi connectivity index (χ3v) is 2.79. The molecule has 110 valence electrons. The van der Waals surface area contributed by atoms with Gasteiger partial charge in [0.25, 0.3) is 5.91 Å². The lowest BCUT2D eigenvalue weighted by Crippen LogP contribution is -2.18. The van der Waals surface area contributed by atoms with Gasteiger partial charge in [0.05, 0.1) is 11.3 Å². The van der Waals surface area contributed by atoms with Crippen molar-refractivity contribution in [3.63, 3.8) is 0 Å². The second-order valence-corrected chi connectivity index (χ2v) is 4.92. The maximum Gasteiger partial charge on any atom is 0.257 e. The fourth-order valence-corrected chi connectivity index (χ4v) is 1.90. The van der Waals surface area contributed by atoms with E-state index in [4.69, 9.17) is 0 Å². The van der Waals surface area contributed by atoms with E-state index in [0.29, 0.717) is 11.3 Å². The highest BCUT2D eigenvalue weighted by molar-refractivity contribution is 6.08. The number of rotatable bonds is 4. The van der Waals surface area contributed by atoms with Crippen LogP contribution in [0.1, 0.15) is 24.2 Å². The van der Waals surface area contributed by atoms with Crippen LogP contribution >= 0.6 is 0 Å². The monoisotopic (exact) mass is 290 g/mol. The van der Waals surface area contributed by atoms with Gasteiger partial charge in [-0.15, -0.1) is 0 Å². The molecule has 0 atom stereocenters. The lowest BCUT2D eigenvalue weighted by Gasteiger charge is -2.14. The number of hydrogen-bond donors (Lipinski definition) is 2. The highest BCUT2D eigenvalue weighted by Gasteiger charge is 2.14. The van der Waals surface area contributed by atoms with Crippen LogP contribution in [0.25, 0.3) is 0 Å². The molecule has 2 N–H and O–H groups in total. The highest BCUT2D eigenvalue weighted by atomic mass is 19.1. The SMILES string of the molecule is CC(C)Nc1ccccc1C(=O)Nc1cc(F)ccc1F. The third kappa shape index (κ3) is 3.78. The Morgan fingerprint density at radius 1 is 1.05 bits per heavy atom. The first-order valence-electron chi connectivity index (χ1n) is 6.59. The van der Waals surface area contributed by atoms with Gasteiger partial charge in [0.1, 0.15) is 11.6 Å². The first-order valence-corrected chi connectivity index (χ1v) is 6.59. The number of carbonyl (C=O) groups is 1. The number of halogens is 2. The van der Waals surface area contributed by atoms with E-state index >= 15 is 0 Å². The molecule has 21 heavy (non-hydrogen) atoms. The molecule has 1 amide bonds. The predicted octanol–water partition coefficient (Wildman–Crippen LogP) is 4.04. The van der Waals surface area contributed by atoms with E-state index in [1.807, 2.05) is 13.8 Å². The standard InChI is InChI=1S/C16H16F2N2O/c1-10(2)19-14-6-4-3-5-12(14)16(21)20-15-9-11(17)7-8-13(15)18/h3-10,19H,1-2H3,(H,20,21). The fourth-order valence-electron chi connectivity index (χ4n) is 1.90. The molecule has 2 rings (SSSR count). The summed E-state index contributed by atoms with van der Waals surface area (Å²) in [4.78, 5) is 12.2.